The molecule has 4 heteroatoms. The fourth-order valence-corrected chi connectivity index (χ4v) is 2.19. The van der Waals surface area contributed by atoms with E-state index < -0.39 is 0 Å². The molecule has 1 heterocycles. The third kappa shape index (κ3) is 3.80. The summed E-state index contributed by atoms with van der Waals surface area (Å²) in [4.78, 5) is 6.65. The van der Waals surface area contributed by atoms with E-state index in [2.05, 4.69) is 29.8 Å². The minimum Gasteiger partial charge on any atom is -0.326 e. The number of nitriles is 1. The van der Waals surface area contributed by atoms with Crippen LogP contribution in [-0.4, -0.2) is 28.5 Å². The van der Waals surface area contributed by atoms with Crippen LogP contribution in [0.5, 0.6) is 0 Å². The van der Waals surface area contributed by atoms with E-state index in [1.165, 1.54) is 0 Å². The number of aromatic nitrogens is 1. The van der Waals surface area contributed by atoms with Crippen molar-refractivity contribution in [2.75, 3.05) is 6.54 Å². The molecule has 0 fully saturated rings. The first-order chi connectivity index (χ1) is 8.57. The first-order valence-electron chi connectivity index (χ1n) is 6.37. The zero-order valence-electron chi connectivity index (χ0n) is 11.4. The van der Waals surface area contributed by atoms with Crippen LogP contribution in [0.25, 0.3) is 0 Å². The van der Waals surface area contributed by atoms with Crippen molar-refractivity contribution < 1.29 is 0 Å². The zero-order chi connectivity index (χ0) is 13.5. The van der Waals surface area contributed by atoms with Gasteiger partial charge in [0.1, 0.15) is 0 Å². The van der Waals surface area contributed by atoms with Crippen LogP contribution in [0.15, 0.2) is 24.4 Å². The highest BCUT2D eigenvalue weighted by atomic mass is 15.2. The number of hydrogen-bond donors (Lipinski definition) is 1. The van der Waals surface area contributed by atoms with Gasteiger partial charge in [-0.15, -0.1) is 0 Å². The molecular weight excluding hydrogens is 224 g/mol. The smallest absolute Gasteiger partial charge is 0.0673 e. The molecule has 0 radical (unpaired) electrons. The largest absolute Gasteiger partial charge is 0.326 e. The van der Waals surface area contributed by atoms with Crippen LogP contribution in [0.3, 0.4) is 0 Å². The second-order valence-corrected chi connectivity index (χ2v) is 4.80. The van der Waals surface area contributed by atoms with Crippen LogP contribution >= 0.6 is 0 Å². The molecule has 0 aliphatic rings. The Kier molecular flexibility index (Phi) is 5.76. The molecule has 0 aliphatic heterocycles. The minimum atomic E-state index is -0.0269. The Labute approximate surface area is 109 Å². The maximum Gasteiger partial charge on any atom is 0.0673 e. The van der Waals surface area contributed by atoms with Crippen molar-refractivity contribution in [3.05, 3.63) is 30.1 Å². The highest BCUT2D eigenvalue weighted by Crippen LogP contribution is 2.24. The van der Waals surface area contributed by atoms with E-state index in [0.29, 0.717) is 12.5 Å². The number of pyridine rings is 1. The van der Waals surface area contributed by atoms with Gasteiger partial charge in [0.25, 0.3) is 0 Å². The molecule has 1 aromatic rings. The van der Waals surface area contributed by atoms with Gasteiger partial charge in [-0.1, -0.05) is 6.07 Å². The van der Waals surface area contributed by atoms with Crippen LogP contribution in [0.4, 0.5) is 0 Å². The normalized spacial score (nSPS) is 14.5. The van der Waals surface area contributed by atoms with Gasteiger partial charge in [-0.25, -0.2) is 0 Å². The van der Waals surface area contributed by atoms with E-state index in [9.17, 15) is 0 Å². The highest BCUT2D eigenvalue weighted by molar-refractivity contribution is 5.11. The highest BCUT2D eigenvalue weighted by Gasteiger charge is 2.26. The Hall–Kier alpha value is -1.44. The molecular formula is C14H22N4. The Morgan fingerprint density at radius 3 is 2.56 bits per heavy atom. The average molecular weight is 246 g/mol. The summed E-state index contributed by atoms with van der Waals surface area (Å²) < 4.78 is 0. The van der Waals surface area contributed by atoms with E-state index in [-0.39, 0.29) is 12.1 Å². The van der Waals surface area contributed by atoms with Crippen molar-refractivity contribution in [3.8, 4) is 6.07 Å². The lowest BCUT2D eigenvalue weighted by Gasteiger charge is -2.36. The van der Waals surface area contributed by atoms with Crippen molar-refractivity contribution in [3.63, 3.8) is 0 Å². The second-order valence-electron chi connectivity index (χ2n) is 4.80. The van der Waals surface area contributed by atoms with Crippen molar-refractivity contribution >= 4 is 0 Å². The van der Waals surface area contributed by atoms with E-state index >= 15 is 0 Å². The Bertz CT molecular complexity index is 381. The van der Waals surface area contributed by atoms with Crippen LogP contribution in [0.1, 0.15) is 38.9 Å². The number of nitrogens with zero attached hydrogens (tertiary/aromatic N) is 3. The topological polar surface area (TPSA) is 65.9 Å². The average Bonchev–Trinajstić information content (AvgIpc) is 2.34. The summed E-state index contributed by atoms with van der Waals surface area (Å²) in [6.07, 6.45) is 2.29. The maximum atomic E-state index is 8.76. The zero-order valence-corrected chi connectivity index (χ0v) is 11.4. The van der Waals surface area contributed by atoms with Gasteiger partial charge >= 0.3 is 0 Å². The lowest BCUT2D eigenvalue weighted by atomic mass is 10.0. The van der Waals surface area contributed by atoms with Crippen LogP contribution < -0.4 is 5.73 Å². The number of nitrogens with two attached hydrogens (primary N) is 1. The predicted molar refractivity (Wildman–Crippen MR) is 72.7 cm³/mol. The standard InChI is InChI=1S/C14H22N4/c1-11(2)18(10-6-8-15)14(12(3)16)13-7-4-5-9-17-13/h4-5,7,9,11-12,14H,6,10,16H2,1-3H3. The molecule has 0 amide bonds. The molecule has 2 N–H and O–H groups in total. The van der Waals surface area contributed by atoms with Gasteiger partial charge in [-0.3, -0.25) is 9.88 Å². The molecule has 0 saturated carbocycles. The molecule has 0 bridgehead atoms. The summed E-state index contributed by atoms with van der Waals surface area (Å²) in [7, 11) is 0. The summed E-state index contributed by atoms with van der Waals surface area (Å²) in [5.41, 5.74) is 7.09. The predicted octanol–water partition coefficient (Wildman–Crippen LogP) is 2.09. The molecule has 0 aliphatic carbocycles. The molecule has 18 heavy (non-hydrogen) atoms. The van der Waals surface area contributed by atoms with Gasteiger partial charge in [-0.2, -0.15) is 5.26 Å². The van der Waals surface area contributed by atoms with Crippen molar-refractivity contribution in [1.29, 1.82) is 5.26 Å². The first-order valence-corrected chi connectivity index (χ1v) is 6.37. The Balaban J connectivity index is 2.98. The van der Waals surface area contributed by atoms with Gasteiger partial charge in [0, 0.05) is 31.2 Å². The van der Waals surface area contributed by atoms with Crippen molar-refractivity contribution in [2.45, 2.75) is 45.3 Å². The number of rotatable bonds is 6. The Morgan fingerprint density at radius 1 is 1.39 bits per heavy atom. The third-order valence-electron chi connectivity index (χ3n) is 2.99. The SMILES string of the molecule is CC(N)C(c1ccccn1)N(CCC#N)C(C)C. The van der Waals surface area contributed by atoms with Crippen molar-refractivity contribution in [2.24, 2.45) is 5.73 Å². The Morgan fingerprint density at radius 2 is 2.11 bits per heavy atom. The van der Waals surface area contributed by atoms with E-state index in [4.69, 9.17) is 11.0 Å². The minimum absolute atomic E-state index is 0.0269. The summed E-state index contributed by atoms with van der Waals surface area (Å²) in [5, 5.41) is 8.76. The number of hydrogen-bond acceptors (Lipinski definition) is 4. The molecule has 4 nitrogen and oxygen atoms in total. The molecule has 2 unspecified atom stereocenters. The molecule has 0 spiro atoms. The molecule has 0 saturated heterocycles. The summed E-state index contributed by atoms with van der Waals surface area (Å²) in [6, 6.07) is 8.42. The summed E-state index contributed by atoms with van der Waals surface area (Å²) in [5.74, 6) is 0. The maximum absolute atomic E-state index is 8.76. The fraction of sp³-hybridized carbons (Fsp3) is 0.571. The lowest BCUT2D eigenvalue weighted by molar-refractivity contribution is 0.136. The van der Waals surface area contributed by atoms with E-state index in [1.54, 1.807) is 6.20 Å². The van der Waals surface area contributed by atoms with Gasteiger partial charge < -0.3 is 5.73 Å². The van der Waals surface area contributed by atoms with Gasteiger partial charge in [0.05, 0.1) is 17.8 Å². The van der Waals surface area contributed by atoms with Gasteiger partial charge in [0.2, 0.25) is 0 Å². The molecule has 1 rings (SSSR count). The summed E-state index contributed by atoms with van der Waals surface area (Å²) in [6.45, 7) is 6.95. The molecule has 1 aromatic heterocycles. The first kappa shape index (κ1) is 14.6. The van der Waals surface area contributed by atoms with Crippen LogP contribution in [0.2, 0.25) is 0 Å². The molecule has 98 valence electrons. The monoisotopic (exact) mass is 246 g/mol. The second kappa shape index (κ2) is 7.10. The molecule has 2 atom stereocenters. The van der Waals surface area contributed by atoms with Gasteiger partial charge in [0.15, 0.2) is 0 Å². The quantitative estimate of drug-likeness (QED) is 0.834. The van der Waals surface area contributed by atoms with Crippen molar-refractivity contribution in [1.82, 2.24) is 9.88 Å². The lowest BCUT2D eigenvalue weighted by Crippen LogP contribution is -2.44. The summed E-state index contributed by atoms with van der Waals surface area (Å²) >= 11 is 0. The van der Waals surface area contributed by atoms with Crippen LogP contribution in [-0.2, 0) is 0 Å². The van der Waals surface area contributed by atoms with E-state index in [0.717, 1.165) is 12.2 Å². The van der Waals surface area contributed by atoms with Gasteiger partial charge in [-0.05, 0) is 32.9 Å². The third-order valence-corrected chi connectivity index (χ3v) is 2.99. The fourth-order valence-electron chi connectivity index (χ4n) is 2.19. The molecule has 0 aromatic carbocycles. The van der Waals surface area contributed by atoms with E-state index in [1.807, 2.05) is 25.1 Å². The van der Waals surface area contributed by atoms with Crippen LogP contribution in [0, 0.1) is 11.3 Å².